The van der Waals surface area contributed by atoms with Gasteiger partial charge in [-0.15, -0.1) is 6.42 Å². The van der Waals surface area contributed by atoms with E-state index in [4.69, 9.17) is 12.2 Å². The second-order valence-electron chi connectivity index (χ2n) is 2.50. The molecule has 1 nitrogen and oxygen atoms in total. The quantitative estimate of drug-likeness (QED) is 0.594. The lowest BCUT2D eigenvalue weighted by Gasteiger charge is -2.00. The number of aryl methyl sites for hydroxylation is 1. The van der Waals surface area contributed by atoms with Crippen LogP contribution in [0.1, 0.15) is 16.7 Å². The van der Waals surface area contributed by atoms with Gasteiger partial charge in [-0.3, -0.25) is 0 Å². The first-order valence-electron chi connectivity index (χ1n) is 3.54. The fourth-order valence-corrected chi connectivity index (χ4v) is 1.01. The van der Waals surface area contributed by atoms with Crippen molar-refractivity contribution in [1.82, 2.24) is 0 Å². The van der Waals surface area contributed by atoms with Gasteiger partial charge in [0.2, 0.25) is 0 Å². The normalized spacial score (nSPS) is 9.18. The number of hydrogen-bond donors (Lipinski definition) is 1. The van der Waals surface area contributed by atoms with Crippen molar-refractivity contribution in [2.45, 2.75) is 13.5 Å². The highest BCUT2D eigenvalue weighted by molar-refractivity contribution is 5.41. The van der Waals surface area contributed by atoms with E-state index >= 15 is 0 Å². The average Bonchev–Trinajstić information content (AvgIpc) is 2.04. The van der Waals surface area contributed by atoms with E-state index in [0.29, 0.717) is 6.54 Å². The molecule has 2 N–H and O–H groups in total. The van der Waals surface area contributed by atoms with E-state index in [1.54, 1.807) is 0 Å². The van der Waals surface area contributed by atoms with Crippen molar-refractivity contribution in [3.8, 4) is 12.3 Å². The zero-order chi connectivity index (χ0) is 8.27. The van der Waals surface area contributed by atoms with E-state index in [-0.39, 0.29) is 0 Å². The molecule has 1 aromatic rings. The van der Waals surface area contributed by atoms with E-state index in [1.807, 2.05) is 25.1 Å². The fourth-order valence-electron chi connectivity index (χ4n) is 1.01. The van der Waals surface area contributed by atoms with Crippen LogP contribution in [0.15, 0.2) is 18.2 Å². The summed E-state index contributed by atoms with van der Waals surface area (Å²) in [4.78, 5) is 0. The van der Waals surface area contributed by atoms with Crippen LogP contribution in [0.5, 0.6) is 0 Å². The smallest absolute Gasteiger partial charge is 0.0272 e. The van der Waals surface area contributed by atoms with Crippen LogP contribution in [-0.2, 0) is 6.54 Å². The van der Waals surface area contributed by atoms with Crippen LogP contribution in [0.2, 0.25) is 0 Å². The lowest BCUT2D eigenvalue weighted by molar-refractivity contribution is 1.06. The highest BCUT2D eigenvalue weighted by atomic mass is 14.5. The highest BCUT2D eigenvalue weighted by Crippen LogP contribution is 2.08. The molecule has 1 aromatic carbocycles. The second kappa shape index (κ2) is 3.23. The van der Waals surface area contributed by atoms with E-state index in [1.165, 1.54) is 0 Å². The molecule has 0 fully saturated rings. The van der Waals surface area contributed by atoms with Crippen LogP contribution < -0.4 is 5.73 Å². The van der Waals surface area contributed by atoms with Gasteiger partial charge in [-0.25, -0.2) is 0 Å². The first-order valence-corrected chi connectivity index (χ1v) is 3.54. The van der Waals surface area contributed by atoms with Gasteiger partial charge in [-0.2, -0.15) is 0 Å². The van der Waals surface area contributed by atoms with Gasteiger partial charge in [0.1, 0.15) is 0 Å². The molecule has 0 aliphatic rings. The van der Waals surface area contributed by atoms with E-state index in [0.717, 1.165) is 16.7 Å². The molecule has 1 rings (SSSR count). The fraction of sp³-hybridized carbons (Fsp3) is 0.200. The van der Waals surface area contributed by atoms with Crippen molar-refractivity contribution in [2.24, 2.45) is 5.73 Å². The van der Waals surface area contributed by atoms with Crippen molar-refractivity contribution >= 4 is 0 Å². The molecule has 0 saturated carbocycles. The van der Waals surface area contributed by atoms with Crippen molar-refractivity contribution in [1.29, 1.82) is 0 Å². The van der Waals surface area contributed by atoms with Gasteiger partial charge >= 0.3 is 0 Å². The molecule has 0 unspecified atom stereocenters. The third kappa shape index (κ3) is 1.60. The Balaban J connectivity index is 3.12. The number of terminal acetylenes is 1. The summed E-state index contributed by atoms with van der Waals surface area (Å²) in [6.45, 7) is 2.57. The van der Waals surface area contributed by atoms with Gasteiger partial charge in [0, 0.05) is 12.1 Å². The summed E-state index contributed by atoms with van der Waals surface area (Å²) in [5.74, 6) is 2.61. The summed E-state index contributed by atoms with van der Waals surface area (Å²) in [5, 5.41) is 0. The number of hydrogen-bond acceptors (Lipinski definition) is 1. The summed E-state index contributed by atoms with van der Waals surface area (Å²) in [6.07, 6.45) is 5.26. The third-order valence-electron chi connectivity index (χ3n) is 1.68. The SMILES string of the molecule is C#Cc1ccc(CN)cc1C. The first kappa shape index (κ1) is 7.84. The van der Waals surface area contributed by atoms with Gasteiger partial charge in [0.05, 0.1) is 0 Å². The summed E-state index contributed by atoms with van der Waals surface area (Å²) >= 11 is 0. The molecule has 0 aliphatic heterocycles. The first-order chi connectivity index (χ1) is 5.27. The Morgan fingerprint density at radius 2 is 2.27 bits per heavy atom. The van der Waals surface area contributed by atoms with Crippen LogP contribution in [0.4, 0.5) is 0 Å². The summed E-state index contributed by atoms with van der Waals surface area (Å²) < 4.78 is 0. The lowest BCUT2D eigenvalue weighted by Crippen LogP contribution is -1.96. The van der Waals surface area contributed by atoms with Crippen molar-refractivity contribution in [2.75, 3.05) is 0 Å². The van der Waals surface area contributed by atoms with Crippen LogP contribution in [0, 0.1) is 19.3 Å². The standard InChI is InChI=1S/C10H11N/c1-3-10-5-4-9(7-11)6-8(10)2/h1,4-6H,7,11H2,2H3. The van der Waals surface area contributed by atoms with Crippen molar-refractivity contribution in [3.63, 3.8) is 0 Å². The largest absolute Gasteiger partial charge is 0.326 e. The molecule has 0 amide bonds. The summed E-state index contributed by atoms with van der Waals surface area (Å²) in [7, 11) is 0. The minimum absolute atomic E-state index is 0.575. The molecule has 0 radical (unpaired) electrons. The van der Waals surface area contributed by atoms with Gasteiger partial charge < -0.3 is 5.73 Å². The molecule has 0 aliphatic carbocycles. The molecule has 56 valence electrons. The maximum Gasteiger partial charge on any atom is 0.0272 e. The van der Waals surface area contributed by atoms with E-state index in [9.17, 15) is 0 Å². The Bertz CT molecular complexity index is 294. The maximum absolute atomic E-state index is 5.46. The summed E-state index contributed by atoms with van der Waals surface area (Å²) in [6, 6.07) is 5.91. The van der Waals surface area contributed by atoms with Gasteiger partial charge in [-0.1, -0.05) is 18.1 Å². The monoisotopic (exact) mass is 145 g/mol. The van der Waals surface area contributed by atoms with Crippen LogP contribution in [0.3, 0.4) is 0 Å². The number of rotatable bonds is 1. The van der Waals surface area contributed by atoms with Crippen molar-refractivity contribution < 1.29 is 0 Å². The molecular weight excluding hydrogens is 134 g/mol. The molecule has 0 atom stereocenters. The molecule has 11 heavy (non-hydrogen) atoms. The van der Waals surface area contributed by atoms with Crippen LogP contribution in [0.25, 0.3) is 0 Å². The van der Waals surface area contributed by atoms with Gasteiger partial charge in [0.25, 0.3) is 0 Å². The van der Waals surface area contributed by atoms with Gasteiger partial charge in [-0.05, 0) is 24.1 Å². The van der Waals surface area contributed by atoms with Crippen molar-refractivity contribution in [3.05, 3.63) is 34.9 Å². The second-order valence-corrected chi connectivity index (χ2v) is 2.50. The Kier molecular flexibility index (Phi) is 2.30. The zero-order valence-corrected chi connectivity index (χ0v) is 6.59. The zero-order valence-electron chi connectivity index (χ0n) is 6.59. The molecule has 0 spiro atoms. The molecule has 1 heteroatoms. The van der Waals surface area contributed by atoms with Gasteiger partial charge in [0.15, 0.2) is 0 Å². The van der Waals surface area contributed by atoms with Crippen LogP contribution >= 0.6 is 0 Å². The molecular formula is C10H11N. The number of benzene rings is 1. The predicted octanol–water partition coefficient (Wildman–Crippen LogP) is 1.44. The third-order valence-corrected chi connectivity index (χ3v) is 1.68. The Morgan fingerprint density at radius 3 is 2.73 bits per heavy atom. The lowest BCUT2D eigenvalue weighted by atomic mass is 10.1. The molecule has 0 heterocycles. The average molecular weight is 145 g/mol. The topological polar surface area (TPSA) is 26.0 Å². The Morgan fingerprint density at radius 1 is 1.55 bits per heavy atom. The maximum atomic E-state index is 5.46. The summed E-state index contributed by atoms with van der Waals surface area (Å²) in [5.41, 5.74) is 8.65. The highest BCUT2D eigenvalue weighted by Gasteiger charge is 1.94. The number of nitrogens with two attached hydrogens (primary N) is 1. The van der Waals surface area contributed by atoms with E-state index in [2.05, 4.69) is 5.92 Å². The molecule has 0 aromatic heterocycles. The van der Waals surface area contributed by atoms with E-state index < -0.39 is 0 Å². The predicted molar refractivity (Wildman–Crippen MR) is 47.0 cm³/mol. The Hall–Kier alpha value is -1.26. The van der Waals surface area contributed by atoms with Crippen LogP contribution in [-0.4, -0.2) is 0 Å². The minimum atomic E-state index is 0.575. The minimum Gasteiger partial charge on any atom is -0.326 e. The molecule has 0 bridgehead atoms. The molecule has 0 saturated heterocycles. The Labute approximate surface area is 67.2 Å².